The zero-order valence-corrected chi connectivity index (χ0v) is 18.8. The molecule has 0 aliphatic heterocycles. The van der Waals surface area contributed by atoms with Crippen LogP contribution in [-0.4, -0.2) is 31.0 Å². The van der Waals surface area contributed by atoms with Gasteiger partial charge in [0.1, 0.15) is 5.75 Å². The van der Waals surface area contributed by atoms with E-state index in [1.807, 2.05) is 18.2 Å². The summed E-state index contributed by atoms with van der Waals surface area (Å²) in [6.07, 6.45) is 2.18. The monoisotopic (exact) mass is 392 g/mol. The molecule has 0 heterocycles. The molecule has 0 aliphatic carbocycles. The van der Waals surface area contributed by atoms with E-state index in [1.165, 1.54) is 5.56 Å². The second kappa shape index (κ2) is 10.6. The number of rotatable bonds is 7. The number of hydrogen-bond acceptors (Lipinski definition) is 2. The molecule has 0 saturated heterocycles. The molecule has 1 unspecified atom stereocenters. The normalized spacial score (nSPS) is 11.5. The number of carbonyl (C=O) groups excluding carboxylic acids is 1. The molecule has 0 amide bonds. The Morgan fingerprint density at radius 3 is 2.11 bits per heavy atom. The van der Waals surface area contributed by atoms with Gasteiger partial charge in [0.2, 0.25) is 0 Å². The molecule has 148 valence electrons. The summed E-state index contributed by atoms with van der Waals surface area (Å²) in [4.78, 5) is 13.0. The molecule has 0 N–H and O–H groups in total. The van der Waals surface area contributed by atoms with Gasteiger partial charge in [0, 0.05) is 5.56 Å². The van der Waals surface area contributed by atoms with Gasteiger partial charge in [0.15, 0.2) is 5.52 Å². The van der Waals surface area contributed by atoms with Crippen LogP contribution in [0.25, 0.3) is 0 Å². The van der Waals surface area contributed by atoms with Gasteiger partial charge in [0.05, 0.1) is 6.61 Å². The minimum atomic E-state index is 0. The third kappa shape index (κ3) is 6.49. The maximum atomic E-state index is 13.0. The van der Waals surface area contributed by atoms with Crippen LogP contribution < -0.4 is 10.0 Å². The maximum absolute atomic E-state index is 13.0. The van der Waals surface area contributed by atoms with E-state index >= 15 is 0 Å². The van der Waals surface area contributed by atoms with Crippen molar-refractivity contribution in [2.45, 2.75) is 66.7 Å². The molecule has 4 heteroatoms. The minimum absolute atomic E-state index is 0. The first-order chi connectivity index (χ1) is 12.6. The molecular weight excluding hydrogens is 358 g/mol. The van der Waals surface area contributed by atoms with Crippen LogP contribution in [0.2, 0.25) is 0 Å². The molecule has 28 heavy (non-hydrogen) atoms. The van der Waals surface area contributed by atoms with E-state index < -0.39 is 0 Å². The number of carbonyl (C=O) groups is 1. The molecule has 0 aromatic heterocycles. The molecule has 0 bridgehead atoms. The van der Waals surface area contributed by atoms with Gasteiger partial charge < -0.3 is 4.74 Å². The molecular formula is C24H34LiO2P. The van der Waals surface area contributed by atoms with E-state index in [-0.39, 0.29) is 38.4 Å². The first-order valence-corrected chi connectivity index (χ1v) is 10.8. The van der Waals surface area contributed by atoms with E-state index in [9.17, 15) is 4.79 Å². The van der Waals surface area contributed by atoms with Crippen LogP contribution in [-0.2, 0) is 5.41 Å². The third-order valence-electron chi connectivity index (χ3n) is 4.84. The fourth-order valence-corrected chi connectivity index (χ4v) is 4.34. The van der Waals surface area contributed by atoms with Crippen LogP contribution in [0, 0.1) is 20.8 Å². The van der Waals surface area contributed by atoms with E-state index in [2.05, 4.69) is 60.6 Å². The fraction of sp³-hybridized carbons (Fsp3) is 0.458. The average molecular weight is 392 g/mol. The summed E-state index contributed by atoms with van der Waals surface area (Å²) in [6.45, 7) is 15.7. The van der Waals surface area contributed by atoms with Crippen LogP contribution in [0.4, 0.5) is 0 Å². The number of aryl methyl sites for hydroxylation is 3. The Labute approximate surface area is 184 Å². The topological polar surface area (TPSA) is 26.3 Å². The summed E-state index contributed by atoms with van der Waals surface area (Å²) in [7, 11) is 0.135. The Bertz CT molecular complexity index is 799. The first-order valence-electron chi connectivity index (χ1n) is 9.80. The van der Waals surface area contributed by atoms with Crippen LogP contribution in [0.3, 0.4) is 0 Å². The Morgan fingerprint density at radius 2 is 1.61 bits per heavy atom. The van der Waals surface area contributed by atoms with Gasteiger partial charge >= 0.3 is 18.9 Å². The summed E-state index contributed by atoms with van der Waals surface area (Å²) in [6, 6.07) is 10.4. The molecule has 1 atom stereocenters. The molecule has 0 spiro atoms. The third-order valence-corrected chi connectivity index (χ3v) is 6.15. The van der Waals surface area contributed by atoms with Crippen LogP contribution in [0.1, 0.15) is 73.1 Å². The summed E-state index contributed by atoms with van der Waals surface area (Å²) < 4.78 is 5.77. The summed E-state index contributed by atoms with van der Waals surface area (Å²) >= 11 is 0. The van der Waals surface area contributed by atoms with E-state index in [0.29, 0.717) is 0 Å². The van der Waals surface area contributed by atoms with Crippen LogP contribution in [0.15, 0.2) is 30.3 Å². The SMILES string of the molecule is CCCCOc1ccc(PC(=O)c2c(C)cc(C(C)(C)C)cc2C)c(C)c1.[LiH]. The quantitative estimate of drug-likeness (QED) is 0.349. The summed E-state index contributed by atoms with van der Waals surface area (Å²) in [5, 5.41) is 1.10. The second-order valence-electron chi connectivity index (χ2n) is 8.37. The van der Waals surface area contributed by atoms with Crippen molar-refractivity contribution in [3.05, 3.63) is 58.1 Å². The average Bonchev–Trinajstić information content (AvgIpc) is 2.56. The molecule has 0 aliphatic rings. The Hall–Kier alpha value is -1.06. The molecule has 0 fully saturated rings. The van der Waals surface area contributed by atoms with Crippen LogP contribution >= 0.6 is 8.58 Å². The number of hydrogen-bond donors (Lipinski definition) is 0. The van der Waals surface area contributed by atoms with Gasteiger partial charge in [-0.2, -0.15) is 0 Å². The summed E-state index contributed by atoms with van der Waals surface area (Å²) in [5.74, 6) is 0.892. The van der Waals surface area contributed by atoms with Crippen LogP contribution in [0.5, 0.6) is 5.75 Å². The summed E-state index contributed by atoms with van der Waals surface area (Å²) in [5.41, 5.74) is 5.74. The van der Waals surface area contributed by atoms with Crippen molar-refractivity contribution in [2.75, 3.05) is 6.61 Å². The van der Waals surface area contributed by atoms with Gasteiger partial charge in [-0.1, -0.05) is 52.3 Å². The van der Waals surface area contributed by atoms with Gasteiger partial charge in [-0.15, -0.1) is 0 Å². The molecule has 2 nitrogen and oxygen atoms in total. The Kier molecular flexibility index (Phi) is 9.49. The van der Waals surface area contributed by atoms with Crippen molar-refractivity contribution in [1.29, 1.82) is 0 Å². The predicted molar refractivity (Wildman–Crippen MR) is 126 cm³/mol. The second-order valence-corrected chi connectivity index (χ2v) is 9.61. The molecule has 0 radical (unpaired) electrons. The van der Waals surface area contributed by atoms with Gasteiger partial charge in [-0.05, 0) is 80.9 Å². The molecule has 2 aromatic carbocycles. The van der Waals surface area contributed by atoms with Gasteiger partial charge in [-0.3, -0.25) is 4.79 Å². The Morgan fingerprint density at radius 1 is 1.00 bits per heavy atom. The first kappa shape index (κ1) is 25.0. The zero-order valence-electron chi connectivity index (χ0n) is 17.8. The van der Waals surface area contributed by atoms with Gasteiger partial charge in [-0.25, -0.2) is 0 Å². The van der Waals surface area contributed by atoms with Gasteiger partial charge in [0.25, 0.3) is 0 Å². The van der Waals surface area contributed by atoms with E-state index in [0.717, 1.165) is 52.8 Å². The molecule has 2 aromatic rings. The number of ether oxygens (including phenoxy) is 1. The van der Waals surface area contributed by atoms with Crippen molar-refractivity contribution in [2.24, 2.45) is 0 Å². The van der Waals surface area contributed by atoms with Crippen molar-refractivity contribution < 1.29 is 9.53 Å². The van der Waals surface area contributed by atoms with Crippen molar-refractivity contribution in [3.8, 4) is 5.75 Å². The Balaban J connectivity index is 0.00000392. The van der Waals surface area contributed by atoms with Crippen molar-refractivity contribution in [3.63, 3.8) is 0 Å². The zero-order chi connectivity index (χ0) is 20.2. The van der Waals surface area contributed by atoms with E-state index in [4.69, 9.17) is 4.74 Å². The molecule has 2 rings (SSSR count). The number of unbranched alkanes of at least 4 members (excludes halogenated alkanes) is 1. The fourth-order valence-electron chi connectivity index (χ4n) is 3.14. The van der Waals surface area contributed by atoms with Crippen molar-refractivity contribution >= 4 is 38.3 Å². The van der Waals surface area contributed by atoms with Crippen molar-refractivity contribution in [1.82, 2.24) is 0 Å². The molecule has 0 saturated carbocycles. The standard InChI is InChI=1S/C24H33O2P.Li.H/c1-8-9-12-26-20-10-11-21(16(2)15-20)27-23(25)22-17(3)13-19(14-18(22)4)24(5,6)7;;/h10-11,13-15,27H,8-9,12H2,1-7H3;;. The van der Waals surface area contributed by atoms with E-state index in [1.54, 1.807) is 0 Å². The number of benzene rings is 2. The predicted octanol–water partition coefficient (Wildman–Crippen LogP) is 5.58.